The van der Waals surface area contributed by atoms with Gasteiger partial charge in [0.2, 0.25) is 0 Å². The molecule has 0 bridgehead atoms. The van der Waals surface area contributed by atoms with Crippen LogP contribution < -0.4 is 15.3 Å². The highest BCUT2D eigenvalue weighted by atomic mass is 16.5. The molecule has 2 heterocycles. The Morgan fingerprint density at radius 3 is 2.43 bits per heavy atom. The van der Waals surface area contributed by atoms with Crippen LogP contribution in [0.4, 0.5) is 5.69 Å². The number of aryl methyl sites for hydroxylation is 1. The molecule has 4 heteroatoms. The van der Waals surface area contributed by atoms with Gasteiger partial charge in [0.1, 0.15) is 11.3 Å². The standard InChI is InChI=1S/C24H25NO3/c1-24(2,3)15-7-9-16(10-8-15)25-13-20-21(27-14-25)12-11-18-17-5-4-6-19(17)23(26)28-22(18)20/h7-12H,4-6,13-14H2,1-3H3. The number of benzene rings is 2. The molecule has 1 aliphatic heterocycles. The molecule has 2 aromatic carbocycles. The molecule has 0 spiro atoms. The van der Waals surface area contributed by atoms with Crippen molar-refractivity contribution < 1.29 is 9.15 Å². The van der Waals surface area contributed by atoms with E-state index >= 15 is 0 Å². The van der Waals surface area contributed by atoms with Crippen LogP contribution >= 0.6 is 0 Å². The summed E-state index contributed by atoms with van der Waals surface area (Å²) in [7, 11) is 0. The Hall–Kier alpha value is -2.75. The smallest absolute Gasteiger partial charge is 0.339 e. The first-order valence-electron chi connectivity index (χ1n) is 10.0. The molecule has 0 radical (unpaired) electrons. The van der Waals surface area contributed by atoms with E-state index in [9.17, 15) is 4.79 Å². The minimum atomic E-state index is -0.181. The monoisotopic (exact) mass is 375 g/mol. The summed E-state index contributed by atoms with van der Waals surface area (Å²) in [6.45, 7) is 7.81. The summed E-state index contributed by atoms with van der Waals surface area (Å²) in [5.74, 6) is 0.816. The third-order valence-electron chi connectivity index (χ3n) is 6.02. The van der Waals surface area contributed by atoms with Gasteiger partial charge < -0.3 is 14.1 Å². The second-order valence-corrected chi connectivity index (χ2v) is 8.89. The topological polar surface area (TPSA) is 42.7 Å². The van der Waals surface area contributed by atoms with Crippen molar-refractivity contribution in [3.63, 3.8) is 0 Å². The third kappa shape index (κ3) is 2.70. The van der Waals surface area contributed by atoms with Gasteiger partial charge in [-0.05, 0) is 60.1 Å². The molecule has 2 aliphatic rings. The van der Waals surface area contributed by atoms with Crippen molar-refractivity contribution in [1.82, 2.24) is 0 Å². The van der Waals surface area contributed by atoms with Gasteiger partial charge in [-0.2, -0.15) is 0 Å². The molecule has 28 heavy (non-hydrogen) atoms. The van der Waals surface area contributed by atoms with Crippen molar-refractivity contribution in [3.8, 4) is 5.75 Å². The predicted octanol–water partition coefficient (Wildman–Crippen LogP) is 4.94. The highest BCUT2D eigenvalue weighted by Crippen LogP contribution is 2.37. The molecule has 0 saturated heterocycles. The number of rotatable bonds is 1. The molecule has 0 amide bonds. The first kappa shape index (κ1) is 17.4. The molecule has 4 nitrogen and oxygen atoms in total. The SMILES string of the molecule is CC(C)(C)c1ccc(N2COc3ccc4c5c(c(=O)oc4c3C2)CCC5)cc1. The van der Waals surface area contributed by atoms with Crippen molar-refractivity contribution in [2.75, 3.05) is 11.6 Å². The van der Waals surface area contributed by atoms with Gasteiger partial charge in [-0.1, -0.05) is 32.9 Å². The molecular weight excluding hydrogens is 350 g/mol. The molecule has 3 aromatic rings. The van der Waals surface area contributed by atoms with E-state index in [0.717, 1.165) is 47.2 Å². The lowest BCUT2D eigenvalue weighted by molar-refractivity contribution is 0.289. The number of hydrogen-bond acceptors (Lipinski definition) is 4. The quantitative estimate of drug-likeness (QED) is 0.565. The van der Waals surface area contributed by atoms with Crippen molar-refractivity contribution in [3.05, 3.63) is 69.1 Å². The number of fused-ring (bicyclic) bond motifs is 5. The molecule has 144 valence electrons. The Labute approximate surface area is 164 Å². The second kappa shape index (κ2) is 6.13. The minimum Gasteiger partial charge on any atom is -0.473 e. The van der Waals surface area contributed by atoms with E-state index in [4.69, 9.17) is 9.15 Å². The predicted molar refractivity (Wildman–Crippen MR) is 111 cm³/mol. The average molecular weight is 375 g/mol. The third-order valence-corrected chi connectivity index (χ3v) is 6.02. The zero-order valence-electron chi connectivity index (χ0n) is 16.7. The van der Waals surface area contributed by atoms with Crippen LogP contribution in [0, 0.1) is 0 Å². The molecule has 1 aromatic heterocycles. The van der Waals surface area contributed by atoms with Crippen LogP contribution in [0.1, 0.15) is 49.4 Å². The van der Waals surface area contributed by atoms with E-state index in [0.29, 0.717) is 18.9 Å². The van der Waals surface area contributed by atoms with Gasteiger partial charge in [-0.25, -0.2) is 4.79 Å². The van der Waals surface area contributed by atoms with Gasteiger partial charge in [0.15, 0.2) is 6.73 Å². The second-order valence-electron chi connectivity index (χ2n) is 8.89. The minimum absolute atomic E-state index is 0.128. The largest absolute Gasteiger partial charge is 0.473 e. The van der Waals surface area contributed by atoms with Gasteiger partial charge in [-0.15, -0.1) is 0 Å². The highest BCUT2D eigenvalue weighted by molar-refractivity contribution is 5.87. The fourth-order valence-electron chi connectivity index (χ4n) is 4.39. The van der Waals surface area contributed by atoms with Gasteiger partial charge in [0, 0.05) is 16.6 Å². The summed E-state index contributed by atoms with van der Waals surface area (Å²) in [6.07, 6.45) is 2.81. The Balaban J connectivity index is 1.55. The van der Waals surface area contributed by atoms with Crippen LogP contribution in [0.3, 0.4) is 0 Å². The van der Waals surface area contributed by atoms with Gasteiger partial charge in [0.05, 0.1) is 12.1 Å². The number of ether oxygens (including phenoxy) is 1. The van der Waals surface area contributed by atoms with Crippen molar-refractivity contribution in [1.29, 1.82) is 0 Å². The van der Waals surface area contributed by atoms with E-state index in [1.807, 2.05) is 6.07 Å². The molecule has 0 N–H and O–H groups in total. The van der Waals surface area contributed by atoms with Crippen LogP contribution in [0.2, 0.25) is 0 Å². The molecular formula is C24H25NO3. The molecule has 5 rings (SSSR count). The number of hydrogen-bond donors (Lipinski definition) is 0. The van der Waals surface area contributed by atoms with E-state index in [-0.39, 0.29) is 11.0 Å². The van der Waals surface area contributed by atoms with E-state index in [1.165, 1.54) is 11.1 Å². The molecule has 0 atom stereocenters. The summed E-state index contributed by atoms with van der Waals surface area (Å²) in [5.41, 5.74) is 6.05. The number of anilines is 1. The highest BCUT2D eigenvalue weighted by Gasteiger charge is 2.26. The lowest BCUT2D eigenvalue weighted by Crippen LogP contribution is -2.32. The van der Waals surface area contributed by atoms with Crippen molar-refractivity contribution >= 4 is 16.7 Å². The van der Waals surface area contributed by atoms with E-state index in [2.05, 4.69) is 56.0 Å². The Kier molecular flexibility index (Phi) is 3.80. The summed E-state index contributed by atoms with van der Waals surface area (Å²) < 4.78 is 11.8. The van der Waals surface area contributed by atoms with E-state index in [1.54, 1.807) is 0 Å². The Bertz CT molecular complexity index is 1120. The lowest BCUT2D eigenvalue weighted by Gasteiger charge is -2.31. The maximum absolute atomic E-state index is 12.5. The van der Waals surface area contributed by atoms with Crippen LogP contribution in [0.25, 0.3) is 11.0 Å². The van der Waals surface area contributed by atoms with Crippen molar-refractivity contribution in [2.45, 2.75) is 52.0 Å². The fraction of sp³-hybridized carbons (Fsp3) is 0.375. The van der Waals surface area contributed by atoms with Crippen molar-refractivity contribution in [2.24, 2.45) is 0 Å². The van der Waals surface area contributed by atoms with Gasteiger partial charge >= 0.3 is 5.63 Å². The van der Waals surface area contributed by atoms with E-state index < -0.39 is 0 Å². The normalized spacial score (nSPS) is 16.0. The average Bonchev–Trinajstić information content (AvgIpc) is 3.18. The van der Waals surface area contributed by atoms with Crippen LogP contribution in [0.5, 0.6) is 5.75 Å². The lowest BCUT2D eigenvalue weighted by atomic mass is 9.87. The maximum Gasteiger partial charge on any atom is 0.339 e. The number of nitrogens with zero attached hydrogens (tertiary/aromatic N) is 1. The molecule has 1 aliphatic carbocycles. The van der Waals surface area contributed by atoms with Crippen LogP contribution in [0.15, 0.2) is 45.6 Å². The summed E-state index contributed by atoms with van der Waals surface area (Å²) in [5, 5.41) is 1.07. The fourth-order valence-corrected chi connectivity index (χ4v) is 4.39. The summed E-state index contributed by atoms with van der Waals surface area (Å²) >= 11 is 0. The molecule has 0 unspecified atom stereocenters. The molecule has 0 fully saturated rings. The summed E-state index contributed by atoms with van der Waals surface area (Å²) in [4.78, 5) is 14.7. The zero-order chi connectivity index (χ0) is 19.5. The van der Waals surface area contributed by atoms with Crippen LogP contribution in [-0.2, 0) is 24.8 Å². The Morgan fingerprint density at radius 1 is 0.929 bits per heavy atom. The first-order chi connectivity index (χ1) is 13.4. The van der Waals surface area contributed by atoms with Gasteiger partial charge in [-0.3, -0.25) is 0 Å². The molecule has 0 saturated carbocycles. The van der Waals surface area contributed by atoms with Crippen LogP contribution in [-0.4, -0.2) is 6.73 Å². The zero-order valence-corrected chi connectivity index (χ0v) is 16.7. The maximum atomic E-state index is 12.5. The first-order valence-corrected chi connectivity index (χ1v) is 10.0. The summed E-state index contributed by atoms with van der Waals surface area (Å²) in [6, 6.07) is 12.7. The Morgan fingerprint density at radius 2 is 1.68 bits per heavy atom. The van der Waals surface area contributed by atoms with Gasteiger partial charge in [0.25, 0.3) is 0 Å².